The number of nitrogens with one attached hydrogen (secondary N) is 1. The molecule has 0 bridgehead atoms. The molecule has 0 aromatic heterocycles. The molecule has 0 spiro atoms. The minimum Gasteiger partial charge on any atom is -0.502 e. The molecule has 24 heavy (non-hydrogen) atoms. The lowest BCUT2D eigenvalue weighted by Crippen LogP contribution is -2.24. The van der Waals surface area contributed by atoms with Gasteiger partial charge in [-0.05, 0) is 35.9 Å². The molecule has 0 atom stereocenters. The summed E-state index contributed by atoms with van der Waals surface area (Å²) in [6.07, 6.45) is 1.24. The molecule has 8 nitrogen and oxygen atoms in total. The molecule has 2 rings (SSSR count). The molecule has 0 aliphatic heterocycles. The molecule has 124 valence electrons. The predicted octanol–water partition coefficient (Wildman–Crippen LogP) is 2.48. The number of rotatable bonds is 6. The topological polar surface area (TPSA) is 114 Å². The van der Waals surface area contributed by atoms with Crippen molar-refractivity contribution in [2.45, 2.75) is 0 Å². The first kappa shape index (κ1) is 17.2. The van der Waals surface area contributed by atoms with E-state index in [1.807, 2.05) is 0 Å². The minimum absolute atomic E-state index is 0.261. The largest absolute Gasteiger partial charge is 0.502 e. The van der Waals surface area contributed by atoms with Crippen LogP contribution in [0.5, 0.6) is 11.5 Å². The molecule has 0 fully saturated rings. The van der Waals surface area contributed by atoms with Gasteiger partial charge in [0.1, 0.15) is 5.75 Å². The number of ether oxygens (including phenoxy) is 1. The smallest absolute Gasteiger partial charge is 0.310 e. The van der Waals surface area contributed by atoms with Gasteiger partial charge in [-0.3, -0.25) is 14.9 Å². The number of carbonyl (C=O) groups excluding carboxylic acids is 1. The number of phenolic OH excluding ortho intramolecular Hbond substituents is 1. The average molecular weight is 350 g/mol. The Hall–Kier alpha value is -3.13. The zero-order chi connectivity index (χ0) is 17.5. The Bertz CT molecular complexity index is 794. The summed E-state index contributed by atoms with van der Waals surface area (Å²) >= 11 is 5.79. The molecule has 0 saturated heterocycles. The number of halogens is 1. The lowest BCUT2D eigenvalue weighted by molar-refractivity contribution is -0.385. The van der Waals surface area contributed by atoms with Crippen molar-refractivity contribution >= 4 is 29.4 Å². The highest BCUT2D eigenvalue weighted by atomic mass is 35.5. The van der Waals surface area contributed by atoms with Gasteiger partial charge in [0.25, 0.3) is 5.91 Å². The number of nitro groups is 1. The fourth-order valence-corrected chi connectivity index (χ4v) is 1.87. The van der Waals surface area contributed by atoms with Gasteiger partial charge < -0.3 is 9.84 Å². The Kier molecular flexibility index (Phi) is 5.69. The van der Waals surface area contributed by atoms with Crippen LogP contribution in [0, 0.1) is 10.1 Å². The Morgan fingerprint density at radius 3 is 2.83 bits per heavy atom. The molecule has 2 aromatic carbocycles. The molecule has 0 aliphatic carbocycles. The molecular formula is C15H12ClN3O5. The molecule has 0 aliphatic rings. The van der Waals surface area contributed by atoms with Crippen molar-refractivity contribution in [3.63, 3.8) is 0 Å². The van der Waals surface area contributed by atoms with Crippen LogP contribution < -0.4 is 10.2 Å². The van der Waals surface area contributed by atoms with Crippen molar-refractivity contribution in [1.29, 1.82) is 0 Å². The van der Waals surface area contributed by atoms with Gasteiger partial charge in [-0.2, -0.15) is 5.10 Å². The summed E-state index contributed by atoms with van der Waals surface area (Å²) in [6.45, 7) is -0.261. The normalized spacial score (nSPS) is 10.5. The zero-order valence-electron chi connectivity index (χ0n) is 12.2. The van der Waals surface area contributed by atoms with Crippen LogP contribution in [-0.4, -0.2) is 28.8 Å². The number of hydrazone groups is 1. The molecule has 0 unspecified atom stereocenters. The standard InChI is InChI=1S/C15H12ClN3O5/c16-11-2-1-3-12(7-11)24-9-15(21)18-17-8-10-4-5-13(19(22)23)14(20)6-10/h1-8,20H,9H2,(H,18,21)/b17-8+. The van der Waals surface area contributed by atoms with E-state index in [-0.39, 0.29) is 6.61 Å². The molecule has 2 N–H and O–H groups in total. The van der Waals surface area contributed by atoms with E-state index in [0.29, 0.717) is 16.3 Å². The molecule has 0 radical (unpaired) electrons. The van der Waals surface area contributed by atoms with Crippen LogP contribution in [0.2, 0.25) is 5.02 Å². The van der Waals surface area contributed by atoms with E-state index in [1.54, 1.807) is 24.3 Å². The maximum Gasteiger partial charge on any atom is 0.310 e. The van der Waals surface area contributed by atoms with Gasteiger partial charge in [0.05, 0.1) is 11.1 Å². The van der Waals surface area contributed by atoms with E-state index in [0.717, 1.165) is 12.1 Å². The fourth-order valence-electron chi connectivity index (χ4n) is 1.69. The Morgan fingerprint density at radius 2 is 2.17 bits per heavy atom. The molecule has 0 saturated carbocycles. The molecular weight excluding hydrogens is 338 g/mol. The number of carbonyl (C=O) groups is 1. The van der Waals surface area contributed by atoms with E-state index in [1.165, 1.54) is 12.3 Å². The second kappa shape index (κ2) is 7.93. The highest BCUT2D eigenvalue weighted by Gasteiger charge is 2.12. The van der Waals surface area contributed by atoms with Crippen molar-refractivity contribution in [3.05, 3.63) is 63.2 Å². The number of aromatic hydroxyl groups is 1. The minimum atomic E-state index is -0.703. The maximum absolute atomic E-state index is 11.6. The van der Waals surface area contributed by atoms with Crippen LogP contribution in [0.25, 0.3) is 0 Å². The molecule has 0 heterocycles. The van der Waals surface area contributed by atoms with Gasteiger partial charge in [0.15, 0.2) is 12.4 Å². The monoisotopic (exact) mass is 349 g/mol. The summed E-state index contributed by atoms with van der Waals surface area (Å²) in [5.74, 6) is -0.543. The number of nitrogens with zero attached hydrogens (tertiary/aromatic N) is 2. The van der Waals surface area contributed by atoms with Gasteiger partial charge >= 0.3 is 5.69 Å². The van der Waals surface area contributed by atoms with Gasteiger partial charge in [-0.25, -0.2) is 5.43 Å². The summed E-state index contributed by atoms with van der Waals surface area (Å²) in [6, 6.07) is 10.3. The van der Waals surface area contributed by atoms with E-state index < -0.39 is 22.3 Å². The first-order valence-electron chi connectivity index (χ1n) is 6.63. The summed E-state index contributed by atoms with van der Waals surface area (Å²) in [5, 5.41) is 24.2. The number of hydrogen-bond donors (Lipinski definition) is 2. The van der Waals surface area contributed by atoms with E-state index in [2.05, 4.69) is 10.5 Å². The number of hydrogen-bond acceptors (Lipinski definition) is 6. The first-order chi connectivity index (χ1) is 11.5. The summed E-state index contributed by atoms with van der Waals surface area (Å²) < 4.78 is 5.23. The average Bonchev–Trinajstić information content (AvgIpc) is 2.53. The van der Waals surface area contributed by atoms with E-state index in [4.69, 9.17) is 16.3 Å². The van der Waals surface area contributed by atoms with Crippen molar-refractivity contribution in [3.8, 4) is 11.5 Å². The van der Waals surface area contributed by atoms with Crippen LogP contribution >= 0.6 is 11.6 Å². The van der Waals surface area contributed by atoms with E-state index >= 15 is 0 Å². The third-order valence-electron chi connectivity index (χ3n) is 2.77. The number of nitro benzene ring substituents is 1. The third kappa shape index (κ3) is 4.96. The summed E-state index contributed by atoms with van der Waals surface area (Å²) in [7, 11) is 0. The Morgan fingerprint density at radius 1 is 1.38 bits per heavy atom. The first-order valence-corrected chi connectivity index (χ1v) is 7.01. The van der Waals surface area contributed by atoms with Crippen LogP contribution in [0.1, 0.15) is 5.56 Å². The fraction of sp³-hybridized carbons (Fsp3) is 0.0667. The van der Waals surface area contributed by atoms with Crippen molar-refractivity contribution in [2.75, 3.05) is 6.61 Å². The zero-order valence-corrected chi connectivity index (χ0v) is 12.9. The predicted molar refractivity (Wildman–Crippen MR) is 87.4 cm³/mol. The Balaban J connectivity index is 1.86. The van der Waals surface area contributed by atoms with Crippen molar-refractivity contribution < 1.29 is 19.6 Å². The highest BCUT2D eigenvalue weighted by molar-refractivity contribution is 6.30. The van der Waals surface area contributed by atoms with Crippen molar-refractivity contribution in [2.24, 2.45) is 5.10 Å². The lowest BCUT2D eigenvalue weighted by atomic mass is 10.2. The molecule has 2 aromatic rings. The third-order valence-corrected chi connectivity index (χ3v) is 3.00. The van der Waals surface area contributed by atoms with Crippen LogP contribution in [0.3, 0.4) is 0 Å². The van der Waals surface area contributed by atoms with Gasteiger partial charge in [-0.15, -0.1) is 0 Å². The van der Waals surface area contributed by atoms with E-state index in [9.17, 15) is 20.0 Å². The second-order valence-electron chi connectivity index (χ2n) is 4.54. The second-order valence-corrected chi connectivity index (χ2v) is 4.98. The number of benzene rings is 2. The molecule has 1 amide bonds. The summed E-state index contributed by atoms with van der Waals surface area (Å²) in [5.41, 5.74) is 2.20. The molecule has 9 heteroatoms. The highest BCUT2D eigenvalue weighted by Crippen LogP contribution is 2.25. The quantitative estimate of drug-likeness (QED) is 0.472. The van der Waals surface area contributed by atoms with Crippen LogP contribution in [0.4, 0.5) is 5.69 Å². The van der Waals surface area contributed by atoms with Gasteiger partial charge in [0, 0.05) is 11.1 Å². The number of phenols is 1. The summed E-state index contributed by atoms with van der Waals surface area (Å²) in [4.78, 5) is 21.5. The Labute approximate surface area is 141 Å². The lowest BCUT2D eigenvalue weighted by Gasteiger charge is -2.05. The van der Waals surface area contributed by atoms with Crippen LogP contribution in [-0.2, 0) is 4.79 Å². The SMILES string of the molecule is O=C(COc1cccc(Cl)c1)N/N=C/c1ccc([N+](=O)[O-])c(O)c1. The van der Waals surface area contributed by atoms with Gasteiger partial charge in [0.2, 0.25) is 0 Å². The maximum atomic E-state index is 11.6. The van der Waals surface area contributed by atoms with Crippen molar-refractivity contribution in [1.82, 2.24) is 5.43 Å². The van der Waals surface area contributed by atoms with Crippen LogP contribution in [0.15, 0.2) is 47.6 Å². The number of amides is 1. The van der Waals surface area contributed by atoms with Gasteiger partial charge in [-0.1, -0.05) is 17.7 Å².